The van der Waals surface area contributed by atoms with Crippen molar-refractivity contribution in [2.45, 2.75) is 25.4 Å². The molecule has 6 heteroatoms. The van der Waals surface area contributed by atoms with E-state index in [2.05, 4.69) is 0 Å². The van der Waals surface area contributed by atoms with Crippen LogP contribution in [0, 0.1) is 17.5 Å². The highest BCUT2D eigenvalue weighted by Gasteiger charge is 2.33. The Morgan fingerprint density at radius 2 is 1.90 bits per heavy atom. The van der Waals surface area contributed by atoms with Gasteiger partial charge in [-0.15, -0.1) is 0 Å². The molecule has 0 spiro atoms. The number of methoxy groups -OCH3 is 1. The third kappa shape index (κ3) is 2.80. The number of amides is 1. The lowest BCUT2D eigenvalue weighted by atomic mass is 9.94. The number of nitrogens with zero attached hydrogens (tertiary/aromatic N) is 1. The Bertz CT molecular complexity index is 512. The van der Waals surface area contributed by atoms with Crippen LogP contribution >= 0.6 is 0 Å². The summed E-state index contributed by atoms with van der Waals surface area (Å²) in [6, 6.07) is 1.44. The highest BCUT2D eigenvalue weighted by molar-refractivity contribution is 5.94. The van der Waals surface area contributed by atoms with Crippen molar-refractivity contribution in [2.75, 3.05) is 20.2 Å². The monoisotopic (exact) mass is 287 g/mol. The molecule has 1 saturated heterocycles. The Morgan fingerprint density at radius 1 is 1.30 bits per heavy atom. The molecule has 3 nitrogen and oxygen atoms in total. The zero-order valence-electron chi connectivity index (χ0n) is 11.4. The molecule has 1 atom stereocenters. The average Bonchev–Trinajstić information content (AvgIpc) is 2.43. The summed E-state index contributed by atoms with van der Waals surface area (Å²) in [7, 11) is 1.56. The van der Waals surface area contributed by atoms with E-state index in [1.165, 1.54) is 4.90 Å². The normalized spacial score (nSPS) is 22.9. The van der Waals surface area contributed by atoms with Gasteiger partial charge in [0.15, 0.2) is 17.5 Å². The first kappa shape index (κ1) is 14.8. The van der Waals surface area contributed by atoms with Crippen molar-refractivity contribution < 1.29 is 22.7 Å². The van der Waals surface area contributed by atoms with Gasteiger partial charge in [-0.3, -0.25) is 4.79 Å². The summed E-state index contributed by atoms with van der Waals surface area (Å²) in [5.74, 6) is -4.81. The third-order valence-electron chi connectivity index (χ3n) is 3.67. The maximum Gasteiger partial charge on any atom is 0.254 e. The quantitative estimate of drug-likeness (QED) is 0.783. The van der Waals surface area contributed by atoms with Crippen LogP contribution in [0.3, 0.4) is 0 Å². The summed E-state index contributed by atoms with van der Waals surface area (Å²) < 4.78 is 44.6. The Morgan fingerprint density at radius 3 is 2.45 bits per heavy atom. The maximum atomic E-state index is 13.2. The molecule has 1 unspecified atom stereocenters. The van der Waals surface area contributed by atoms with Gasteiger partial charge >= 0.3 is 0 Å². The van der Waals surface area contributed by atoms with Crippen molar-refractivity contribution in [1.29, 1.82) is 0 Å². The summed E-state index contributed by atoms with van der Waals surface area (Å²) in [6.45, 7) is 2.69. The van der Waals surface area contributed by atoms with Crippen molar-refractivity contribution in [3.05, 3.63) is 35.1 Å². The van der Waals surface area contributed by atoms with E-state index < -0.39 is 29.0 Å². The van der Waals surface area contributed by atoms with Gasteiger partial charge in [0, 0.05) is 25.8 Å². The van der Waals surface area contributed by atoms with Crippen molar-refractivity contribution in [2.24, 2.45) is 0 Å². The molecule has 2 rings (SSSR count). The lowest BCUT2D eigenvalue weighted by Gasteiger charge is -2.39. The van der Waals surface area contributed by atoms with E-state index in [0.29, 0.717) is 13.1 Å². The van der Waals surface area contributed by atoms with Gasteiger partial charge in [0.1, 0.15) is 0 Å². The minimum absolute atomic E-state index is 0.193. The van der Waals surface area contributed by atoms with Gasteiger partial charge < -0.3 is 9.64 Å². The minimum Gasteiger partial charge on any atom is -0.377 e. The molecule has 20 heavy (non-hydrogen) atoms. The summed E-state index contributed by atoms with van der Waals surface area (Å²) in [4.78, 5) is 13.7. The van der Waals surface area contributed by atoms with Gasteiger partial charge in [-0.1, -0.05) is 0 Å². The van der Waals surface area contributed by atoms with E-state index in [1.807, 2.05) is 6.92 Å². The first-order valence-corrected chi connectivity index (χ1v) is 6.35. The van der Waals surface area contributed by atoms with Crippen molar-refractivity contribution in [1.82, 2.24) is 4.90 Å². The first-order chi connectivity index (χ1) is 9.36. The topological polar surface area (TPSA) is 29.5 Å². The van der Waals surface area contributed by atoms with E-state index >= 15 is 0 Å². The van der Waals surface area contributed by atoms with Gasteiger partial charge in [0.05, 0.1) is 5.60 Å². The molecule has 110 valence electrons. The molecule has 1 aliphatic heterocycles. The van der Waals surface area contributed by atoms with Crippen LogP contribution in [0.1, 0.15) is 30.1 Å². The fraction of sp³-hybridized carbons (Fsp3) is 0.500. The Hall–Kier alpha value is -1.56. The van der Waals surface area contributed by atoms with Gasteiger partial charge in [-0.25, -0.2) is 13.2 Å². The minimum atomic E-state index is -1.57. The summed E-state index contributed by atoms with van der Waals surface area (Å²) in [6.07, 6.45) is 1.54. The molecule has 1 fully saturated rings. The number of ether oxygens (including phenoxy) is 1. The smallest absolute Gasteiger partial charge is 0.254 e. The molecule has 1 aliphatic rings. The Balaban J connectivity index is 2.23. The largest absolute Gasteiger partial charge is 0.377 e. The molecule has 0 aliphatic carbocycles. The molecule has 0 bridgehead atoms. The van der Waals surface area contributed by atoms with Gasteiger partial charge in [0.2, 0.25) is 0 Å². The summed E-state index contributed by atoms with van der Waals surface area (Å²) in [5, 5.41) is 0. The molecule has 0 aromatic heterocycles. The van der Waals surface area contributed by atoms with Crippen molar-refractivity contribution in [3.63, 3.8) is 0 Å². The number of halogens is 3. The van der Waals surface area contributed by atoms with Crippen LogP contribution in [-0.2, 0) is 4.74 Å². The SMILES string of the molecule is COC1(C)CCCN(C(=O)c2cc(F)c(F)c(F)c2)C1. The molecule has 0 saturated carbocycles. The second-order valence-corrected chi connectivity index (χ2v) is 5.24. The number of rotatable bonds is 2. The van der Waals surface area contributed by atoms with E-state index in [0.717, 1.165) is 25.0 Å². The van der Waals surface area contributed by atoms with Gasteiger partial charge in [-0.2, -0.15) is 0 Å². The highest BCUT2D eigenvalue weighted by Crippen LogP contribution is 2.25. The van der Waals surface area contributed by atoms with Crippen LogP contribution in [0.4, 0.5) is 13.2 Å². The molecule has 1 aromatic carbocycles. The van der Waals surface area contributed by atoms with E-state index in [9.17, 15) is 18.0 Å². The second-order valence-electron chi connectivity index (χ2n) is 5.24. The van der Waals surface area contributed by atoms with Crippen LogP contribution in [0.25, 0.3) is 0 Å². The summed E-state index contributed by atoms with van der Waals surface area (Å²) in [5.41, 5.74) is -0.660. The zero-order valence-corrected chi connectivity index (χ0v) is 11.4. The van der Waals surface area contributed by atoms with Gasteiger partial charge in [0.25, 0.3) is 5.91 Å². The van der Waals surface area contributed by atoms with Crippen LogP contribution in [0.2, 0.25) is 0 Å². The van der Waals surface area contributed by atoms with E-state index in [1.54, 1.807) is 7.11 Å². The average molecular weight is 287 g/mol. The standard InChI is InChI=1S/C14H16F3NO2/c1-14(20-2)4-3-5-18(8-14)13(19)9-6-10(15)12(17)11(16)7-9/h6-7H,3-5,8H2,1-2H3. The molecule has 1 amide bonds. The van der Waals surface area contributed by atoms with E-state index in [4.69, 9.17) is 4.74 Å². The molecule has 0 radical (unpaired) electrons. The number of piperidine rings is 1. The molecule has 1 aromatic rings. The fourth-order valence-corrected chi connectivity index (χ4v) is 2.41. The Kier molecular flexibility index (Phi) is 4.04. The van der Waals surface area contributed by atoms with Crippen LogP contribution in [-0.4, -0.2) is 36.6 Å². The second kappa shape index (κ2) is 5.44. The predicted octanol–water partition coefficient (Wildman–Crippen LogP) is 2.75. The lowest BCUT2D eigenvalue weighted by molar-refractivity contribution is -0.0440. The van der Waals surface area contributed by atoms with Crippen LogP contribution < -0.4 is 0 Å². The lowest BCUT2D eigenvalue weighted by Crippen LogP contribution is -2.49. The molecular formula is C14H16F3NO2. The Labute approximate surface area is 115 Å². The summed E-state index contributed by atoms with van der Waals surface area (Å²) >= 11 is 0. The predicted molar refractivity (Wildman–Crippen MR) is 66.9 cm³/mol. The highest BCUT2D eigenvalue weighted by atomic mass is 19.2. The van der Waals surface area contributed by atoms with E-state index in [-0.39, 0.29) is 5.56 Å². The number of hydrogen-bond donors (Lipinski definition) is 0. The van der Waals surface area contributed by atoms with Crippen molar-refractivity contribution >= 4 is 5.91 Å². The molecule has 1 heterocycles. The third-order valence-corrected chi connectivity index (χ3v) is 3.67. The molecule has 0 N–H and O–H groups in total. The van der Waals surface area contributed by atoms with Crippen LogP contribution in [0.15, 0.2) is 12.1 Å². The number of carbonyl (C=O) groups excluding carboxylic acids is 1. The number of carbonyl (C=O) groups is 1. The van der Waals surface area contributed by atoms with Crippen molar-refractivity contribution in [3.8, 4) is 0 Å². The maximum absolute atomic E-state index is 13.2. The molecular weight excluding hydrogens is 271 g/mol. The van der Waals surface area contributed by atoms with Gasteiger partial charge in [-0.05, 0) is 31.9 Å². The number of benzene rings is 1. The number of likely N-dealkylation sites (tertiary alicyclic amines) is 1. The van der Waals surface area contributed by atoms with Crippen LogP contribution in [0.5, 0.6) is 0 Å². The first-order valence-electron chi connectivity index (χ1n) is 6.35. The zero-order chi connectivity index (χ0) is 14.9. The number of hydrogen-bond acceptors (Lipinski definition) is 2. The fourth-order valence-electron chi connectivity index (χ4n) is 2.41.